The van der Waals surface area contributed by atoms with Crippen LogP contribution in [-0.2, 0) is 0 Å². The Morgan fingerprint density at radius 1 is 1.47 bits per heavy atom. The van der Waals surface area contributed by atoms with Crippen molar-refractivity contribution >= 4 is 22.3 Å². The van der Waals surface area contributed by atoms with Crippen LogP contribution in [0.25, 0.3) is 0 Å². The number of hydrogen-bond acceptors (Lipinski definition) is 5. The van der Waals surface area contributed by atoms with Crippen LogP contribution < -0.4 is 5.32 Å². The minimum Gasteiger partial charge on any atom is -0.316 e. The molecule has 1 N–H and O–H groups in total. The molecule has 0 amide bonds. The fraction of sp³-hybridized carbons (Fsp3) is 0.100. The Kier molecular flexibility index (Phi) is 2.61. The molecule has 0 aromatic carbocycles. The molecule has 15 heavy (non-hydrogen) atoms. The van der Waals surface area contributed by atoms with Gasteiger partial charge >= 0.3 is 0 Å². The Bertz CT molecular complexity index is 512. The van der Waals surface area contributed by atoms with Crippen molar-refractivity contribution in [1.82, 2.24) is 9.97 Å². The first kappa shape index (κ1) is 9.62. The summed E-state index contributed by atoms with van der Waals surface area (Å²) in [5.74, 6) is 0.774. The summed E-state index contributed by atoms with van der Waals surface area (Å²) in [7, 11) is 0. The topological polar surface area (TPSA) is 61.6 Å². The summed E-state index contributed by atoms with van der Waals surface area (Å²) >= 11 is 1.31. The largest absolute Gasteiger partial charge is 0.316 e. The van der Waals surface area contributed by atoms with Gasteiger partial charge in [0, 0.05) is 6.20 Å². The molecule has 0 saturated carbocycles. The summed E-state index contributed by atoms with van der Waals surface area (Å²) < 4.78 is 0. The van der Waals surface area contributed by atoms with E-state index in [0.29, 0.717) is 10.0 Å². The lowest BCUT2D eigenvalue weighted by molar-refractivity contribution is 1.24. The third kappa shape index (κ3) is 2.11. The van der Waals surface area contributed by atoms with Crippen LogP contribution in [0.1, 0.15) is 10.4 Å². The highest BCUT2D eigenvalue weighted by molar-refractivity contribution is 7.16. The van der Waals surface area contributed by atoms with Gasteiger partial charge in [0.1, 0.15) is 16.8 Å². The van der Waals surface area contributed by atoms with Crippen molar-refractivity contribution < 1.29 is 0 Å². The molecule has 0 atom stereocenters. The molecule has 0 aliphatic rings. The van der Waals surface area contributed by atoms with E-state index in [0.717, 1.165) is 11.4 Å². The molecule has 74 valence electrons. The minimum absolute atomic E-state index is 0.589. The molecule has 0 aliphatic carbocycles. The van der Waals surface area contributed by atoms with E-state index in [2.05, 4.69) is 15.3 Å². The normalized spacial score (nSPS) is 9.60. The van der Waals surface area contributed by atoms with Gasteiger partial charge in [0.2, 0.25) is 0 Å². The van der Waals surface area contributed by atoms with Crippen LogP contribution in [0.2, 0.25) is 0 Å². The first-order valence-corrected chi connectivity index (χ1v) is 5.16. The SMILES string of the molecule is Cc1cccnc1Nc1ncc(C#N)s1. The zero-order valence-electron chi connectivity index (χ0n) is 8.06. The Morgan fingerprint density at radius 2 is 2.33 bits per heavy atom. The smallest absolute Gasteiger partial charge is 0.189 e. The number of nitrogens with one attached hydrogen (secondary N) is 1. The summed E-state index contributed by atoms with van der Waals surface area (Å²) in [5.41, 5.74) is 1.05. The van der Waals surface area contributed by atoms with E-state index in [1.54, 1.807) is 12.4 Å². The summed E-state index contributed by atoms with van der Waals surface area (Å²) in [6, 6.07) is 5.89. The number of aromatic nitrogens is 2. The lowest BCUT2D eigenvalue weighted by Crippen LogP contribution is -1.94. The van der Waals surface area contributed by atoms with Crippen molar-refractivity contribution in [3.8, 4) is 6.07 Å². The average Bonchev–Trinajstić information content (AvgIpc) is 2.69. The van der Waals surface area contributed by atoms with Crippen LogP contribution in [0.15, 0.2) is 24.5 Å². The summed E-state index contributed by atoms with van der Waals surface area (Å²) in [6.45, 7) is 1.97. The zero-order valence-corrected chi connectivity index (χ0v) is 8.88. The van der Waals surface area contributed by atoms with E-state index >= 15 is 0 Å². The van der Waals surface area contributed by atoms with Crippen molar-refractivity contribution in [2.75, 3.05) is 5.32 Å². The molecule has 5 heteroatoms. The highest BCUT2D eigenvalue weighted by atomic mass is 32.1. The quantitative estimate of drug-likeness (QED) is 0.837. The Morgan fingerprint density at radius 3 is 3.00 bits per heavy atom. The number of aryl methyl sites for hydroxylation is 1. The van der Waals surface area contributed by atoms with Crippen LogP contribution in [0.3, 0.4) is 0 Å². The van der Waals surface area contributed by atoms with E-state index < -0.39 is 0 Å². The van der Waals surface area contributed by atoms with E-state index in [-0.39, 0.29) is 0 Å². The molecule has 0 saturated heterocycles. The van der Waals surface area contributed by atoms with E-state index in [1.165, 1.54) is 11.3 Å². The predicted molar refractivity (Wildman–Crippen MR) is 59.1 cm³/mol. The Balaban J connectivity index is 2.23. The molecule has 2 aromatic rings. The van der Waals surface area contributed by atoms with Gasteiger partial charge in [-0.25, -0.2) is 9.97 Å². The molecule has 2 rings (SSSR count). The van der Waals surface area contributed by atoms with Crippen molar-refractivity contribution in [3.05, 3.63) is 35.0 Å². The fourth-order valence-electron chi connectivity index (χ4n) is 1.10. The molecule has 0 bridgehead atoms. The number of nitrogens with zero attached hydrogens (tertiary/aromatic N) is 3. The first-order chi connectivity index (χ1) is 7.29. The van der Waals surface area contributed by atoms with Gasteiger partial charge in [-0.05, 0) is 18.6 Å². The Hall–Kier alpha value is -1.93. The molecular weight excluding hydrogens is 208 g/mol. The van der Waals surface area contributed by atoms with Crippen LogP contribution >= 0.6 is 11.3 Å². The second kappa shape index (κ2) is 4.07. The summed E-state index contributed by atoms with van der Waals surface area (Å²) in [6.07, 6.45) is 3.26. The molecular formula is C10H8N4S. The number of hydrogen-bond donors (Lipinski definition) is 1. The van der Waals surface area contributed by atoms with Crippen LogP contribution in [0.5, 0.6) is 0 Å². The number of nitriles is 1. The van der Waals surface area contributed by atoms with E-state index in [4.69, 9.17) is 5.26 Å². The fourth-order valence-corrected chi connectivity index (χ4v) is 1.71. The maximum atomic E-state index is 8.65. The van der Waals surface area contributed by atoms with E-state index in [1.807, 2.05) is 25.1 Å². The standard InChI is InChI=1S/C10H8N4S/c1-7-3-2-4-12-9(7)14-10-13-6-8(5-11)15-10/h2-4,6H,1H3,(H,12,13,14). The van der Waals surface area contributed by atoms with Crippen molar-refractivity contribution in [3.63, 3.8) is 0 Å². The second-order valence-electron chi connectivity index (χ2n) is 2.94. The van der Waals surface area contributed by atoms with Gasteiger partial charge in [0.25, 0.3) is 0 Å². The Labute approximate surface area is 91.2 Å². The zero-order chi connectivity index (χ0) is 10.7. The van der Waals surface area contributed by atoms with Crippen LogP contribution in [0.4, 0.5) is 10.9 Å². The van der Waals surface area contributed by atoms with Crippen LogP contribution in [-0.4, -0.2) is 9.97 Å². The second-order valence-corrected chi connectivity index (χ2v) is 3.97. The maximum absolute atomic E-state index is 8.65. The molecule has 0 aliphatic heterocycles. The lowest BCUT2D eigenvalue weighted by atomic mass is 10.3. The van der Waals surface area contributed by atoms with Gasteiger partial charge in [0.15, 0.2) is 5.13 Å². The van der Waals surface area contributed by atoms with Crippen molar-refractivity contribution in [1.29, 1.82) is 5.26 Å². The van der Waals surface area contributed by atoms with Gasteiger partial charge in [0.05, 0.1) is 6.20 Å². The number of rotatable bonds is 2. The van der Waals surface area contributed by atoms with Gasteiger partial charge in [-0.2, -0.15) is 5.26 Å². The molecule has 0 spiro atoms. The highest BCUT2D eigenvalue weighted by Crippen LogP contribution is 2.22. The van der Waals surface area contributed by atoms with Gasteiger partial charge in [-0.1, -0.05) is 17.4 Å². The molecule has 4 nitrogen and oxygen atoms in total. The molecule has 0 unspecified atom stereocenters. The lowest BCUT2D eigenvalue weighted by Gasteiger charge is -2.03. The van der Waals surface area contributed by atoms with Gasteiger partial charge in [-0.3, -0.25) is 0 Å². The minimum atomic E-state index is 0.589. The highest BCUT2D eigenvalue weighted by Gasteiger charge is 2.03. The third-order valence-corrected chi connectivity index (χ3v) is 2.67. The molecule has 0 fully saturated rings. The third-order valence-electron chi connectivity index (χ3n) is 1.85. The molecule has 2 aromatic heterocycles. The van der Waals surface area contributed by atoms with Crippen LogP contribution in [0, 0.1) is 18.3 Å². The van der Waals surface area contributed by atoms with Crippen molar-refractivity contribution in [2.45, 2.75) is 6.92 Å². The molecule has 0 radical (unpaired) electrons. The monoisotopic (exact) mass is 216 g/mol. The number of thiazole rings is 1. The van der Waals surface area contributed by atoms with Gasteiger partial charge in [-0.15, -0.1) is 0 Å². The predicted octanol–water partition coefficient (Wildman–Crippen LogP) is 2.46. The maximum Gasteiger partial charge on any atom is 0.189 e. The summed E-state index contributed by atoms with van der Waals surface area (Å²) in [4.78, 5) is 8.84. The van der Waals surface area contributed by atoms with Crippen molar-refractivity contribution in [2.24, 2.45) is 0 Å². The average molecular weight is 216 g/mol. The summed E-state index contributed by atoms with van der Waals surface area (Å²) in [5, 5.41) is 12.4. The molecule has 2 heterocycles. The van der Waals surface area contributed by atoms with Gasteiger partial charge < -0.3 is 5.32 Å². The van der Waals surface area contributed by atoms with E-state index in [9.17, 15) is 0 Å². The first-order valence-electron chi connectivity index (χ1n) is 4.34. The number of pyridine rings is 1. The number of anilines is 2.